The van der Waals surface area contributed by atoms with Crippen LogP contribution < -0.4 is 16.2 Å². The SMILES string of the molecule is CCNC(=NCc1ccc(Cn2ccccc2=O)cc1)NCC(C)(O)c1ccc(C)o1.I. The highest BCUT2D eigenvalue weighted by atomic mass is 127. The smallest absolute Gasteiger partial charge is 0.250 e. The first-order valence-corrected chi connectivity index (χ1v) is 10.4. The molecule has 1 atom stereocenters. The number of furan rings is 1. The first-order valence-electron chi connectivity index (χ1n) is 10.4. The van der Waals surface area contributed by atoms with Crippen molar-refractivity contribution in [3.05, 3.63) is 93.8 Å². The number of rotatable bonds is 8. The molecule has 0 aliphatic carbocycles. The van der Waals surface area contributed by atoms with Crippen molar-refractivity contribution in [2.75, 3.05) is 13.1 Å². The van der Waals surface area contributed by atoms with E-state index in [0.717, 1.165) is 16.9 Å². The van der Waals surface area contributed by atoms with E-state index >= 15 is 0 Å². The molecule has 2 aromatic heterocycles. The lowest BCUT2D eigenvalue weighted by Crippen LogP contribution is -2.44. The van der Waals surface area contributed by atoms with E-state index in [0.29, 0.717) is 31.4 Å². The van der Waals surface area contributed by atoms with Gasteiger partial charge in [0.05, 0.1) is 19.6 Å². The van der Waals surface area contributed by atoms with E-state index in [1.54, 1.807) is 35.9 Å². The summed E-state index contributed by atoms with van der Waals surface area (Å²) in [5.74, 6) is 1.89. The number of hydrogen-bond acceptors (Lipinski definition) is 4. The van der Waals surface area contributed by atoms with Gasteiger partial charge in [-0.1, -0.05) is 30.3 Å². The fourth-order valence-corrected chi connectivity index (χ4v) is 3.12. The Balaban J connectivity index is 0.00000363. The van der Waals surface area contributed by atoms with Crippen molar-refractivity contribution in [2.24, 2.45) is 4.99 Å². The highest BCUT2D eigenvalue weighted by Gasteiger charge is 2.27. The maximum absolute atomic E-state index is 11.9. The van der Waals surface area contributed by atoms with E-state index < -0.39 is 5.60 Å². The van der Waals surface area contributed by atoms with Gasteiger partial charge in [0.15, 0.2) is 5.96 Å². The molecule has 172 valence electrons. The van der Waals surface area contributed by atoms with Crippen molar-refractivity contribution in [3.63, 3.8) is 0 Å². The second-order valence-electron chi connectivity index (χ2n) is 7.72. The Morgan fingerprint density at radius 3 is 2.44 bits per heavy atom. The molecule has 0 aliphatic heterocycles. The van der Waals surface area contributed by atoms with Gasteiger partial charge in [0.1, 0.15) is 17.1 Å². The maximum atomic E-state index is 11.9. The number of hydrogen-bond donors (Lipinski definition) is 3. The monoisotopic (exact) mass is 550 g/mol. The number of pyridine rings is 1. The third-order valence-electron chi connectivity index (χ3n) is 4.91. The van der Waals surface area contributed by atoms with Crippen LogP contribution in [0.25, 0.3) is 0 Å². The normalized spacial score (nSPS) is 13.2. The van der Waals surface area contributed by atoms with Crippen molar-refractivity contribution in [3.8, 4) is 0 Å². The van der Waals surface area contributed by atoms with Gasteiger partial charge in [-0.25, -0.2) is 4.99 Å². The molecule has 0 saturated heterocycles. The molecule has 1 unspecified atom stereocenters. The molecular formula is C24H31IN4O3. The van der Waals surface area contributed by atoms with E-state index in [4.69, 9.17) is 4.42 Å². The Morgan fingerprint density at radius 2 is 1.81 bits per heavy atom. The summed E-state index contributed by atoms with van der Waals surface area (Å²) < 4.78 is 7.23. The Bertz CT molecular complexity index is 1070. The number of nitrogens with zero attached hydrogens (tertiary/aromatic N) is 2. The highest BCUT2D eigenvalue weighted by molar-refractivity contribution is 14.0. The van der Waals surface area contributed by atoms with Crippen molar-refractivity contribution in [1.82, 2.24) is 15.2 Å². The number of aliphatic hydroxyl groups is 1. The van der Waals surface area contributed by atoms with Crippen LogP contribution in [0.2, 0.25) is 0 Å². The predicted octanol–water partition coefficient (Wildman–Crippen LogP) is 3.38. The number of halogens is 1. The molecule has 1 aromatic carbocycles. The lowest BCUT2D eigenvalue weighted by molar-refractivity contribution is 0.0378. The number of aliphatic imine (C=N–C) groups is 1. The average Bonchev–Trinajstić information content (AvgIpc) is 3.20. The van der Waals surface area contributed by atoms with Gasteiger partial charge in [0.25, 0.3) is 5.56 Å². The summed E-state index contributed by atoms with van der Waals surface area (Å²) in [6, 6.07) is 16.8. The molecular weight excluding hydrogens is 519 g/mol. The Labute approximate surface area is 205 Å². The number of aromatic nitrogens is 1. The average molecular weight is 550 g/mol. The van der Waals surface area contributed by atoms with E-state index in [1.165, 1.54) is 0 Å². The number of nitrogens with one attached hydrogen (secondary N) is 2. The Hall–Kier alpha value is -2.59. The molecule has 3 aromatic rings. The lowest BCUT2D eigenvalue weighted by Gasteiger charge is -2.22. The molecule has 32 heavy (non-hydrogen) atoms. The van der Waals surface area contributed by atoms with Gasteiger partial charge >= 0.3 is 0 Å². The fraction of sp³-hybridized carbons (Fsp3) is 0.333. The molecule has 0 bridgehead atoms. The lowest BCUT2D eigenvalue weighted by atomic mass is 10.0. The minimum atomic E-state index is -1.15. The fourth-order valence-electron chi connectivity index (χ4n) is 3.12. The van der Waals surface area contributed by atoms with Gasteiger partial charge in [0, 0.05) is 18.8 Å². The molecule has 2 heterocycles. The molecule has 0 spiro atoms. The van der Waals surface area contributed by atoms with Crippen LogP contribution in [0.3, 0.4) is 0 Å². The summed E-state index contributed by atoms with van der Waals surface area (Å²) in [5, 5.41) is 17.1. The standard InChI is InChI=1S/C24H30N4O3.HI/c1-4-25-23(27-17-24(3,30)21-13-8-18(2)31-21)26-15-19-9-11-20(12-10-19)16-28-14-6-5-7-22(28)29;/h5-14,30H,4,15-17H2,1-3H3,(H2,25,26,27);1H. The van der Waals surface area contributed by atoms with Gasteiger partial charge in [-0.05, 0) is 50.1 Å². The quantitative estimate of drug-likeness (QED) is 0.227. The second kappa shape index (κ2) is 11.9. The minimum absolute atomic E-state index is 0. The van der Waals surface area contributed by atoms with Crippen molar-refractivity contribution < 1.29 is 9.52 Å². The third kappa shape index (κ3) is 7.23. The molecule has 0 radical (unpaired) electrons. The molecule has 0 fully saturated rings. The van der Waals surface area contributed by atoms with Gasteiger partial charge < -0.3 is 24.7 Å². The van der Waals surface area contributed by atoms with Crippen LogP contribution in [0.4, 0.5) is 0 Å². The predicted molar refractivity (Wildman–Crippen MR) is 137 cm³/mol. The van der Waals surface area contributed by atoms with Crippen LogP contribution in [0.15, 0.2) is 75.0 Å². The van der Waals surface area contributed by atoms with E-state index in [2.05, 4.69) is 15.6 Å². The van der Waals surface area contributed by atoms with Crippen LogP contribution in [-0.2, 0) is 18.7 Å². The van der Waals surface area contributed by atoms with Crippen LogP contribution in [0, 0.1) is 6.92 Å². The molecule has 0 aliphatic rings. The molecule has 8 heteroatoms. The molecule has 3 N–H and O–H groups in total. The third-order valence-corrected chi connectivity index (χ3v) is 4.91. The van der Waals surface area contributed by atoms with E-state index in [1.807, 2.05) is 50.2 Å². The summed E-state index contributed by atoms with van der Waals surface area (Å²) in [5.41, 5.74) is 0.936. The zero-order chi connectivity index (χ0) is 22.3. The van der Waals surface area contributed by atoms with E-state index in [9.17, 15) is 9.90 Å². The minimum Gasteiger partial charge on any atom is -0.463 e. The number of benzene rings is 1. The Kier molecular flexibility index (Phi) is 9.52. The van der Waals surface area contributed by atoms with Crippen molar-refractivity contribution in [2.45, 2.75) is 39.5 Å². The van der Waals surface area contributed by atoms with E-state index in [-0.39, 0.29) is 36.1 Å². The van der Waals surface area contributed by atoms with Gasteiger partial charge in [-0.2, -0.15) is 0 Å². The largest absolute Gasteiger partial charge is 0.463 e. The maximum Gasteiger partial charge on any atom is 0.250 e. The highest BCUT2D eigenvalue weighted by Crippen LogP contribution is 2.21. The zero-order valence-electron chi connectivity index (χ0n) is 18.7. The first-order chi connectivity index (χ1) is 14.9. The van der Waals surface area contributed by atoms with Gasteiger partial charge in [-0.15, -0.1) is 24.0 Å². The van der Waals surface area contributed by atoms with Crippen LogP contribution in [0.1, 0.15) is 36.5 Å². The summed E-state index contributed by atoms with van der Waals surface area (Å²) in [6.45, 7) is 7.54. The van der Waals surface area contributed by atoms with Gasteiger partial charge in [-0.3, -0.25) is 4.79 Å². The number of aryl methyl sites for hydroxylation is 1. The topological polar surface area (TPSA) is 91.8 Å². The van der Waals surface area contributed by atoms with Gasteiger partial charge in [0.2, 0.25) is 0 Å². The molecule has 0 saturated carbocycles. The second-order valence-corrected chi connectivity index (χ2v) is 7.72. The zero-order valence-corrected chi connectivity index (χ0v) is 21.0. The van der Waals surface area contributed by atoms with Crippen LogP contribution >= 0.6 is 24.0 Å². The summed E-state index contributed by atoms with van der Waals surface area (Å²) >= 11 is 0. The molecule has 7 nitrogen and oxygen atoms in total. The Morgan fingerprint density at radius 1 is 1.09 bits per heavy atom. The van der Waals surface area contributed by atoms with Crippen LogP contribution in [0.5, 0.6) is 0 Å². The molecule has 0 amide bonds. The number of guanidine groups is 1. The van der Waals surface area contributed by atoms with Crippen molar-refractivity contribution >= 4 is 29.9 Å². The summed E-state index contributed by atoms with van der Waals surface area (Å²) in [4.78, 5) is 16.5. The first kappa shape index (κ1) is 25.7. The summed E-state index contributed by atoms with van der Waals surface area (Å²) in [6.07, 6.45) is 1.79. The van der Waals surface area contributed by atoms with Crippen molar-refractivity contribution in [1.29, 1.82) is 0 Å². The molecule has 3 rings (SSSR count). The summed E-state index contributed by atoms with van der Waals surface area (Å²) in [7, 11) is 0. The van der Waals surface area contributed by atoms with Crippen LogP contribution in [-0.4, -0.2) is 28.7 Å².